The van der Waals surface area contributed by atoms with Gasteiger partial charge in [-0.25, -0.2) is 9.18 Å². The SMILES string of the molecule is O=C1NC(=O)C(Cc2ccc(NC(=O)C(F)C3CCNCC3)cc2)N1. The first-order valence-corrected chi connectivity index (χ1v) is 8.39. The number of carbonyl (C=O) groups excluding carboxylic acids is 3. The Morgan fingerprint density at radius 2 is 1.88 bits per heavy atom. The molecule has 1 aromatic rings. The Morgan fingerprint density at radius 1 is 1.20 bits per heavy atom. The zero-order chi connectivity index (χ0) is 17.8. The van der Waals surface area contributed by atoms with Crippen molar-refractivity contribution in [2.24, 2.45) is 5.92 Å². The molecule has 0 aliphatic carbocycles. The Morgan fingerprint density at radius 3 is 2.48 bits per heavy atom. The van der Waals surface area contributed by atoms with Crippen molar-refractivity contribution in [2.75, 3.05) is 18.4 Å². The van der Waals surface area contributed by atoms with Crippen LogP contribution in [-0.4, -0.2) is 43.1 Å². The smallest absolute Gasteiger partial charge is 0.322 e. The summed E-state index contributed by atoms with van der Waals surface area (Å²) in [6, 6.07) is 5.72. The number of hydrogen-bond donors (Lipinski definition) is 4. The first kappa shape index (κ1) is 17.3. The topological polar surface area (TPSA) is 99.3 Å². The van der Waals surface area contributed by atoms with E-state index in [1.807, 2.05) is 0 Å². The zero-order valence-corrected chi connectivity index (χ0v) is 13.7. The number of benzene rings is 1. The molecule has 0 bridgehead atoms. The van der Waals surface area contributed by atoms with Crippen LogP contribution in [0.2, 0.25) is 0 Å². The molecule has 2 unspecified atom stereocenters. The molecule has 0 radical (unpaired) electrons. The van der Waals surface area contributed by atoms with Crippen LogP contribution in [0.25, 0.3) is 0 Å². The fourth-order valence-corrected chi connectivity index (χ4v) is 3.12. The highest BCUT2D eigenvalue weighted by atomic mass is 19.1. The first-order valence-electron chi connectivity index (χ1n) is 8.39. The van der Waals surface area contributed by atoms with Gasteiger partial charge >= 0.3 is 6.03 Å². The molecule has 1 aromatic carbocycles. The van der Waals surface area contributed by atoms with Crippen molar-refractivity contribution in [1.29, 1.82) is 0 Å². The molecule has 2 fully saturated rings. The van der Waals surface area contributed by atoms with Crippen LogP contribution in [0.1, 0.15) is 18.4 Å². The summed E-state index contributed by atoms with van der Waals surface area (Å²) < 4.78 is 14.3. The van der Waals surface area contributed by atoms with Crippen LogP contribution < -0.4 is 21.3 Å². The van der Waals surface area contributed by atoms with Gasteiger partial charge in [-0.1, -0.05) is 12.1 Å². The summed E-state index contributed by atoms with van der Waals surface area (Å²) in [7, 11) is 0. The van der Waals surface area contributed by atoms with Gasteiger partial charge in [-0.3, -0.25) is 14.9 Å². The van der Waals surface area contributed by atoms with Crippen LogP contribution in [-0.2, 0) is 16.0 Å². The van der Waals surface area contributed by atoms with E-state index in [1.54, 1.807) is 24.3 Å². The average Bonchev–Trinajstić information content (AvgIpc) is 2.94. The lowest BCUT2D eigenvalue weighted by Crippen LogP contribution is -2.38. The third kappa shape index (κ3) is 4.33. The average molecular weight is 348 g/mol. The number of urea groups is 1. The van der Waals surface area contributed by atoms with E-state index in [-0.39, 0.29) is 11.8 Å². The second-order valence-electron chi connectivity index (χ2n) is 6.39. The summed E-state index contributed by atoms with van der Waals surface area (Å²) in [5, 5.41) is 10.4. The molecule has 0 aromatic heterocycles. The minimum absolute atomic E-state index is 0.245. The van der Waals surface area contributed by atoms with Gasteiger partial charge in [0.25, 0.3) is 11.8 Å². The van der Waals surface area contributed by atoms with Gasteiger partial charge in [0.2, 0.25) is 0 Å². The summed E-state index contributed by atoms with van der Waals surface area (Å²) in [5.41, 5.74) is 1.33. The molecule has 134 valence electrons. The fraction of sp³-hybridized carbons (Fsp3) is 0.471. The van der Waals surface area contributed by atoms with E-state index in [4.69, 9.17) is 0 Å². The molecule has 2 aliphatic rings. The Kier molecular flexibility index (Phi) is 5.28. The van der Waals surface area contributed by atoms with Crippen molar-refractivity contribution in [3.8, 4) is 0 Å². The molecule has 4 N–H and O–H groups in total. The number of anilines is 1. The number of halogens is 1. The van der Waals surface area contributed by atoms with Gasteiger partial charge in [0.1, 0.15) is 6.04 Å². The molecular formula is C17H21FN4O3. The Balaban J connectivity index is 1.54. The zero-order valence-electron chi connectivity index (χ0n) is 13.7. The number of rotatable bonds is 5. The van der Waals surface area contributed by atoms with Crippen molar-refractivity contribution in [3.63, 3.8) is 0 Å². The maximum absolute atomic E-state index is 14.3. The second kappa shape index (κ2) is 7.60. The van der Waals surface area contributed by atoms with Crippen LogP contribution in [0, 0.1) is 5.92 Å². The Bertz CT molecular complexity index is 658. The third-order valence-electron chi connectivity index (χ3n) is 4.57. The molecule has 2 aliphatic heterocycles. The summed E-state index contributed by atoms with van der Waals surface area (Å²) in [6.45, 7) is 1.47. The monoisotopic (exact) mass is 348 g/mol. The summed E-state index contributed by atoms with van der Waals surface area (Å²) >= 11 is 0. The highest BCUT2D eigenvalue weighted by molar-refractivity contribution is 6.04. The Hall–Kier alpha value is -2.48. The van der Waals surface area contributed by atoms with Crippen molar-refractivity contribution < 1.29 is 18.8 Å². The molecule has 2 saturated heterocycles. The first-order chi connectivity index (χ1) is 12.0. The quantitative estimate of drug-likeness (QED) is 0.589. The van der Waals surface area contributed by atoms with E-state index < -0.39 is 24.2 Å². The maximum Gasteiger partial charge on any atom is 0.322 e. The molecule has 7 nitrogen and oxygen atoms in total. The van der Waals surface area contributed by atoms with Crippen LogP contribution in [0.5, 0.6) is 0 Å². The number of carbonyl (C=O) groups is 3. The molecule has 4 amide bonds. The number of amides is 4. The van der Waals surface area contributed by atoms with E-state index >= 15 is 0 Å². The van der Waals surface area contributed by atoms with E-state index in [2.05, 4.69) is 21.3 Å². The summed E-state index contributed by atoms with van der Waals surface area (Å²) in [4.78, 5) is 34.7. The van der Waals surface area contributed by atoms with Crippen molar-refractivity contribution in [3.05, 3.63) is 29.8 Å². The number of hydrogen-bond acceptors (Lipinski definition) is 4. The van der Waals surface area contributed by atoms with Crippen molar-refractivity contribution in [1.82, 2.24) is 16.0 Å². The van der Waals surface area contributed by atoms with Gasteiger partial charge in [-0.15, -0.1) is 0 Å². The van der Waals surface area contributed by atoms with E-state index in [0.717, 1.165) is 18.7 Å². The third-order valence-corrected chi connectivity index (χ3v) is 4.57. The van der Waals surface area contributed by atoms with Gasteiger partial charge in [0, 0.05) is 18.0 Å². The van der Waals surface area contributed by atoms with Crippen LogP contribution in [0.15, 0.2) is 24.3 Å². The van der Waals surface area contributed by atoms with E-state index in [9.17, 15) is 18.8 Å². The molecule has 0 saturated carbocycles. The predicted octanol–water partition coefficient (Wildman–Crippen LogP) is 0.713. The largest absolute Gasteiger partial charge is 0.326 e. The minimum Gasteiger partial charge on any atom is -0.326 e. The number of nitrogens with one attached hydrogen (secondary N) is 4. The normalized spacial score (nSPS) is 22.2. The van der Waals surface area contributed by atoms with Gasteiger partial charge in [-0.05, 0) is 43.6 Å². The van der Waals surface area contributed by atoms with E-state index in [1.165, 1.54) is 0 Å². The lowest BCUT2D eigenvalue weighted by atomic mass is 9.92. The van der Waals surface area contributed by atoms with Gasteiger partial charge in [0.15, 0.2) is 6.17 Å². The molecule has 8 heteroatoms. The van der Waals surface area contributed by atoms with E-state index in [0.29, 0.717) is 24.9 Å². The maximum atomic E-state index is 14.3. The van der Waals surface area contributed by atoms with Gasteiger partial charge < -0.3 is 16.0 Å². The number of imide groups is 1. The fourth-order valence-electron chi connectivity index (χ4n) is 3.12. The Labute approximate surface area is 144 Å². The molecular weight excluding hydrogens is 327 g/mol. The molecule has 2 heterocycles. The molecule has 25 heavy (non-hydrogen) atoms. The number of piperidine rings is 1. The minimum atomic E-state index is -1.51. The molecule has 0 spiro atoms. The molecule has 3 rings (SSSR count). The summed E-state index contributed by atoms with van der Waals surface area (Å²) in [6.07, 6.45) is 0.150. The van der Waals surface area contributed by atoms with Crippen LogP contribution >= 0.6 is 0 Å². The lowest BCUT2D eigenvalue weighted by molar-refractivity contribution is -0.123. The highest BCUT2D eigenvalue weighted by Gasteiger charge is 2.30. The second-order valence-corrected chi connectivity index (χ2v) is 6.39. The number of alkyl halides is 1. The van der Waals surface area contributed by atoms with Crippen molar-refractivity contribution in [2.45, 2.75) is 31.5 Å². The van der Waals surface area contributed by atoms with Crippen molar-refractivity contribution >= 4 is 23.5 Å². The highest BCUT2D eigenvalue weighted by Crippen LogP contribution is 2.21. The summed E-state index contributed by atoms with van der Waals surface area (Å²) in [5.74, 6) is -1.23. The molecule has 2 atom stereocenters. The van der Waals surface area contributed by atoms with Gasteiger partial charge in [-0.2, -0.15) is 0 Å². The van der Waals surface area contributed by atoms with Crippen LogP contribution in [0.3, 0.4) is 0 Å². The van der Waals surface area contributed by atoms with Gasteiger partial charge in [0.05, 0.1) is 0 Å². The van der Waals surface area contributed by atoms with Crippen LogP contribution in [0.4, 0.5) is 14.9 Å². The lowest BCUT2D eigenvalue weighted by Gasteiger charge is -2.25. The standard InChI is InChI=1S/C17H21FN4O3/c18-14(11-5-7-19-8-6-11)16(24)20-12-3-1-10(2-4-12)9-13-15(23)22-17(25)21-13/h1-4,11,13-14,19H,5-9H2,(H,20,24)(H2,21,22,23,25). The predicted molar refractivity (Wildman–Crippen MR) is 89.7 cm³/mol.